The molecule has 0 heterocycles. The minimum Gasteiger partial charge on any atom is -0.0622 e. The molecule has 0 bridgehead atoms. The summed E-state index contributed by atoms with van der Waals surface area (Å²) in [6.45, 7) is 8.34. The van der Waals surface area contributed by atoms with Gasteiger partial charge in [0, 0.05) is 87.8 Å². The summed E-state index contributed by atoms with van der Waals surface area (Å²) in [5.74, 6) is 27.7. The van der Waals surface area contributed by atoms with Crippen molar-refractivity contribution in [3.8, 4) is 72.6 Å². The summed E-state index contributed by atoms with van der Waals surface area (Å²) in [5.41, 5.74) is 19.6. The normalized spacial score (nSPS) is 9.95. The van der Waals surface area contributed by atoms with Crippen molar-refractivity contribution in [2.45, 2.75) is 27.7 Å². The molecule has 16 aromatic rings. The summed E-state index contributed by atoms with van der Waals surface area (Å²) in [5, 5.41) is 8.39. The molecule has 120 heavy (non-hydrogen) atoms. The smallest absolute Gasteiger partial charge is 0.0134 e. The van der Waals surface area contributed by atoms with Crippen LogP contribution in [-0.2, 0) is 15.9 Å². The molecule has 0 aliphatic heterocycles. The van der Waals surface area contributed by atoms with Crippen LogP contribution in [0, 0.1) is 104 Å². The zero-order valence-electron chi connectivity index (χ0n) is 66.9. The van der Waals surface area contributed by atoms with Gasteiger partial charge in [0.25, 0.3) is 0 Å². The van der Waals surface area contributed by atoms with Crippen LogP contribution in [0.4, 0.5) is 34.1 Å². The maximum atomic E-state index is 5.46. The molecule has 16 rings (SSSR count). The van der Waals surface area contributed by atoms with Gasteiger partial charge in [0.05, 0.1) is 0 Å². The molecule has 2 nitrogen and oxygen atoms in total. The minimum atomic E-state index is -0.446. The van der Waals surface area contributed by atoms with Crippen LogP contribution in [-0.4, -0.2) is 0 Å². The van der Waals surface area contributed by atoms with Crippen molar-refractivity contribution in [3.63, 3.8) is 0 Å². The molecule has 0 spiro atoms. The molecule has 0 atom stereocenters. The van der Waals surface area contributed by atoms with Crippen molar-refractivity contribution >= 4 is 123 Å². The predicted octanol–water partition coefficient (Wildman–Crippen LogP) is 26.2. The van der Waals surface area contributed by atoms with Crippen molar-refractivity contribution in [1.29, 1.82) is 0 Å². The summed E-state index contributed by atoms with van der Waals surface area (Å²) in [4.78, 5) is 4.37. The standard InChI is InChI=1S/C45H33N.C24H15N.2C18H15P.C7H7I.2ClH.Pd/c1-34-4-10-37(11-5-34)16-19-40-22-28-43(29-23-40)46(44-30-24-41(25-31-44)20-17-38-12-6-35(2)7-13-38)45-32-26-42(27-33-45)21-18-39-14-8-36(3)9-15-39;1-4-19-7-13-22(14-8-19)25(23-15-9-20(5-2)10-16-23)24-17-11-21(6-3)12-18-24;2*1-4-10-16(11-5-1)19(17-12-6-2-7-13-17)18-14-8-3-9-15-18;1-6-2-4-7(8)5-3-6;;;/h4-15,22-33H,1-3H3;1-3,7-18H;2*1-15H;2-5H,1H3;2*1H;/q;;;;;;;+2/p-2. The molecule has 0 saturated carbocycles. The average Bonchev–Trinajstić information content (AvgIpc) is 0.763. The molecule has 0 radical (unpaired) electrons. The van der Waals surface area contributed by atoms with Crippen LogP contribution >= 0.6 is 57.5 Å². The van der Waals surface area contributed by atoms with Gasteiger partial charge in [-0.15, -0.1) is 19.3 Å². The minimum absolute atomic E-state index is 0.106. The molecular weight excluding hydrogens is 1740 g/mol. The third kappa shape index (κ3) is 27.5. The van der Waals surface area contributed by atoms with E-state index in [-0.39, 0.29) is 15.9 Å². The van der Waals surface area contributed by atoms with E-state index in [0.717, 1.165) is 84.2 Å². The molecule has 8 heteroatoms. The van der Waals surface area contributed by atoms with Crippen LogP contribution in [0.15, 0.2) is 425 Å². The van der Waals surface area contributed by atoms with E-state index < -0.39 is 15.8 Å². The Balaban J connectivity index is 0.000000160. The van der Waals surface area contributed by atoms with Gasteiger partial charge in [-0.05, 0) is 292 Å². The monoisotopic (exact) mass is 1820 g/mol. The summed E-state index contributed by atoms with van der Waals surface area (Å²) in [7, 11) is 8.74. The molecule has 0 aromatic heterocycles. The first-order chi connectivity index (χ1) is 58.8. The number of terminal acetylenes is 3. The molecule has 0 N–H and O–H groups in total. The number of hydrogen-bond acceptors (Lipinski definition) is 2. The number of benzene rings is 16. The van der Waals surface area contributed by atoms with Crippen molar-refractivity contribution in [2.24, 2.45) is 0 Å². The first kappa shape index (κ1) is 88.1. The Hall–Kier alpha value is -12.7. The summed E-state index contributed by atoms with van der Waals surface area (Å²) in [6.07, 6.45) is 16.4. The number of hydrogen-bond donors (Lipinski definition) is 0. The fourth-order valence-electron chi connectivity index (χ4n) is 12.3. The maximum Gasteiger partial charge on any atom is -0.0134 e. The Morgan fingerprint density at radius 3 is 0.508 bits per heavy atom. The summed E-state index contributed by atoms with van der Waals surface area (Å²) in [6, 6.07) is 147. The third-order valence-electron chi connectivity index (χ3n) is 18.6. The van der Waals surface area contributed by atoms with Gasteiger partial charge >= 0.3 is 35.0 Å². The molecule has 0 unspecified atom stereocenters. The van der Waals surface area contributed by atoms with E-state index in [0.29, 0.717) is 0 Å². The number of aryl methyl sites for hydroxylation is 4. The van der Waals surface area contributed by atoms with Gasteiger partial charge in [0.1, 0.15) is 0 Å². The van der Waals surface area contributed by atoms with Gasteiger partial charge in [-0.3, -0.25) is 0 Å². The summed E-state index contributed by atoms with van der Waals surface area (Å²) >= 11 is 2.19. The number of anilines is 6. The van der Waals surface area contributed by atoms with E-state index in [1.165, 1.54) is 57.7 Å². The van der Waals surface area contributed by atoms with Crippen LogP contribution in [0.25, 0.3) is 0 Å². The fourth-order valence-corrected chi connectivity index (χ4v) is 17.3. The molecule has 16 aromatic carbocycles. The topological polar surface area (TPSA) is 6.48 Å². The maximum absolute atomic E-state index is 5.46. The van der Waals surface area contributed by atoms with Gasteiger partial charge in [-0.2, -0.15) is 0 Å². The third-order valence-corrected chi connectivity index (χ3v) is 24.2. The van der Waals surface area contributed by atoms with E-state index in [1.807, 2.05) is 72.8 Å². The Morgan fingerprint density at radius 2 is 0.358 bits per heavy atom. The SMILES string of the molecule is C#Cc1ccc(N(c2ccc(C#C)cc2)c2ccc(C#C)cc2)cc1.Cc1ccc(C#Cc2ccc(N(c3ccc(C#Cc4ccc(C)cc4)cc3)c3ccc(C#Cc4ccc(C)cc4)cc3)cc2)cc1.Cc1ccc(I)cc1.[Cl][Pd][Cl].c1ccc(P(c2ccccc2)c2ccccc2)cc1.c1ccc(P(c2ccccc2)c2ccccc2)cc1. The number of halogens is 3. The molecule has 0 aliphatic rings. The van der Waals surface area contributed by atoms with E-state index in [4.69, 9.17) is 38.3 Å². The number of rotatable bonds is 12. The second-order valence-corrected chi connectivity index (χ2v) is 35.3. The largest absolute Gasteiger partial charge is 0.0622 e. The second-order valence-electron chi connectivity index (χ2n) is 27.3. The Morgan fingerprint density at radius 1 is 0.217 bits per heavy atom. The summed E-state index contributed by atoms with van der Waals surface area (Å²) < 4.78 is 1.30. The second kappa shape index (κ2) is 47.6. The van der Waals surface area contributed by atoms with Gasteiger partial charge in [-0.25, -0.2) is 0 Å². The Bertz CT molecular complexity index is 5440. The van der Waals surface area contributed by atoms with E-state index in [2.05, 4.69) is 465 Å². The fraction of sp³-hybridized carbons (Fsp3) is 0.0357. The van der Waals surface area contributed by atoms with Crippen LogP contribution in [0.2, 0.25) is 0 Å². The molecule has 0 fully saturated rings. The zero-order valence-corrected chi connectivity index (χ0v) is 73.9. The Kier molecular flexibility index (Phi) is 35.0. The van der Waals surface area contributed by atoms with Crippen molar-refractivity contribution in [3.05, 3.63) is 501 Å². The molecule has 0 amide bonds. The van der Waals surface area contributed by atoms with Crippen molar-refractivity contribution in [1.82, 2.24) is 0 Å². The zero-order chi connectivity index (χ0) is 83.9. The quantitative estimate of drug-likeness (QED) is 0.0521. The van der Waals surface area contributed by atoms with E-state index >= 15 is 0 Å². The van der Waals surface area contributed by atoms with Crippen molar-refractivity contribution < 1.29 is 15.9 Å². The molecular formula is C112H85Cl2IN2P2Pd. The first-order valence-corrected chi connectivity index (χ1v) is 46.4. The molecule has 0 saturated heterocycles. The van der Waals surface area contributed by atoms with Gasteiger partial charge in [0.15, 0.2) is 0 Å². The predicted molar refractivity (Wildman–Crippen MR) is 523 cm³/mol. The van der Waals surface area contributed by atoms with Crippen LogP contribution in [0.3, 0.4) is 0 Å². The Labute approximate surface area is 743 Å². The van der Waals surface area contributed by atoms with Crippen molar-refractivity contribution in [2.75, 3.05) is 9.80 Å². The average molecular weight is 1830 g/mol. The number of nitrogens with zero attached hydrogens (tertiary/aromatic N) is 2. The van der Waals surface area contributed by atoms with Crippen LogP contribution < -0.4 is 41.6 Å². The van der Waals surface area contributed by atoms with Gasteiger partial charge < -0.3 is 9.80 Å². The van der Waals surface area contributed by atoms with Gasteiger partial charge in [-0.1, -0.05) is 306 Å². The molecule has 584 valence electrons. The van der Waals surface area contributed by atoms with Crippen LogP contribution in [0.5, 0.6) is 0 Å². The molecule has 0 aliphatic carbocycles. The van der Waals surface area contributed by atoms with E-state index in [9.17, 15) is 0 Å². The van der Waals surface area contributed by atoms with E-state index in [1.54, 1.807) is 0 Å². The van der Waals surface area contributed by atoms with Crippen LogP contribution in [0.1, 0.15) is 72.3 Å². The van der Waals surface area contributed by atoms with Gasteiger partial charge in [0.2, 0.25) is 0 Å². The first-order valence-electron chi connectivity index (χ1n) is 38.7.